The zero-order valence-electron chi connectivity index (χ0n) is 6.33. The number of hydrogen-bond acceptors (Lipinski definition) is 3. The average Bonchev–Trinajstić information content (AvgIpc) is 2.36. The van der Waals surface area contributed by atoms with Crippen LogP contribution < -0.4 is 0 Å². The molecule has 11 heavy (non-hydrogen) atoms. The molecule has 60 valence electrons. The van der Waals surface area contributed by atoms with Gasteiger partial charge in [-0.05, 0) is 13.0 Å². The first kappa shape index (κ1) is 8.43. The lowest BCUT2D eigenvalue weighted by Gasteiger charge is -1.91. The predicted molar refractivity (Wildman–Crippen MR) is 45.1 cm³/mol. The highest BCUT2D eigenvalue weighted by molar-refractivity contribution is 7.10. The highest BCUT2D eigenvalue weighted by Gasteiger charge is 2.05. The maximum absolute atomic E-state index is 11.1. The van der Waals surface area contributed by atoms with Crippen molar-refractivity contribution < 1.29 is 9.90 Å². The van der Waals surface area contributed by atoms with E-state index in [4.69, 9.17) is 5.11 Å². The molecule has 2 nitrogen and oxygen atoms in total. The van der Waals surface area contributed by atoms with E-state index < -0.39 is 0 Å². The number of aliphatic hydroxyl groups excluding tert-OH is 1. The van der Waals surface area contributed by atoms with Crippen LogP contribution in [-0.4, -0.2) is 17.5 Å². The molecule has 1 heterocycles. The van der Waals surface area contributed by atoms with Gasteiger partial charge in [-0.1, -0.05) is 0 Å². The summed E-state index contributed by atoms with van der Waals surface area (Å²) in [6.07, 6.45) is 0.232. The van der Waals surface area contributed by atoms with Gasteiger partial charge in [-0.25, -0.2) is 0 Å². The van der Waals surface area contributed by atoms with E-state index in [0.29, 0.717) is 0 Å². The van der Waals surface area contributed by atoms with E-state index in [9.17, 15) is 4.79 Å². The maximum atomic E-state index is 11.1. The number of ketones is 1. The number of carbonyl (C=O) groups excluding carboxylic acids is 1. The second-order valence-electron chi connectivity index (χ2n) is 2.34. The molecule has 0 amide bonds. The lowest BCUT2D eigenvalue weighted by Crippen LogP contribution is -1.99. The number of hydrogen-bond donors (Lipinski definition) is 1. The number of thiophene rings is 1. The summed E-state index contributed by atoms with van der Waals surface area (Å²) in [6.45, 7) is 1.90. The van der Waals surface area contributed by atoms with Gasteiger partial charge in [0.2, 0.25) is 0 Å². The van der Waals surface area contributed by atoms with E-state index in [1.807, 2.05) is 18.4 Å². The zero-order chi connectivity index (χ0) is 8.27. The van der Waals surface area contributed by atoms with Crippen LogP contribution in [0.3, 0.4) is 0 Å². The fraction of sp³-hybridized carbons (Fsp3) is 0.375. The summed E-state index contributed by atoms with van der Waals surface area (Å²) in [5.41, 5.74) is 0.724. The standard InChI is InChI=1S/C8H10O2S/c1-6-4-7(5-11-6)8(10)2-3-9/h4-5,9H,2-3H2,1H3. The van der Waals surface area contributed by atoms with Crippen LogP contribution in [0.5, 0.6) is 0 Å². The third kappa shape index (κ3) is 2.13. The Labute approximate surface area is 69.5 Å². The molecule has 0 radical (unpaired) electrons. The molecule has 0 atom stereocenters. The largest absolute Gasteiger partial charge is 0.396 e. The first-order valence-corrected chi connectivity index (χ1v) is 4.31. The second-order valence-corrected chi connectivity index (χ2v) is 3.46. The molecule has 0 bridgehead atoms. The third-order valence-corrected chi connectivity index (χ3v) is 2.25. The van der Waals surface area contributed by atoms with Gasteiger partial charge in [-0.15, -0.1) is 11.3 Å². The highest BCUT2D eigenvalue weighted by atomic mass is 32.1. The Morgan fingerprint density at radius 3 is 2.91 bits per heavy atom. The molecular formula is C8H10O2S. The van der Waals surface area contributed by atoms with Gasteiger partial charge in [-0.2, -0.15) is 0 Å². The molecule has 0 saturated carbocycles. The van der Waals surface area contributed by atoms with Crippen LogP contribution in [0.2, 0.25) is 0 Å². The van der Waals surface area contributed by atoms with Crippen molar-refractivity contribution in [2.24, 2.45) is 0 Å². The van der Waals surface area contributed by atoms with Crippen molar-refractivity contribution in [1.82, 2.24) is 0 Å². The van der Waals surface area contributed by atoms with Crippen molar-refractivity contribution >= 4 is 17.1 Å². The second kappa shape index (κ2) is 3.64. The molecular weight excluding hydrogens is 160 g/mol. The fourth-order valence-corrected chi connectivity index (χ4v) is 1.54. The molecule has 0 aliphatic heterocycles. The van der Waals surface area contributed by atoms with Crippen molar-refractivity contribution in [3.05, 3.63) is 21.9 Å². The summed E-state index contributed by atoms with van der Waals surface area (Å²) >= 11 is 1.56. The minimum atomic E-state index is -0.0618. The van der Waals surface area contributed by atoms with Crippen LogP contribution in [0.25, 0.3) is 0 Å². The van der Waals surface area contributed by atoms with E-state index in [-0.39, 0.29) is 18.8 Å². The Balaban J connectivity index is 2.69. The highest BCUT2D eigenvalue weighted by Crippen LogP contribution is 2.14. The molecule has 0 saturated heterocycles. The molecule has 1 N–H and O–H groups in total. The van der Waals surface area contributed by atoms with E-state index in [0.717, 1.165) is 10.4 Å². The average molecular weight is 170 g/mol. The molecule has 0 aromatic carbocycles. The number of rotatable bonds is 3. The molecule has 0 spiro atoms. The summed E-state index contributed by atoms with van der Waals surface area (Å²) in [5.74, 6) is 0.0249. The van der Waals surface area contributed by atoms with Gasteiger partial charge in [0.15, 0.2) is 5.78 Å². The van der Waals surface area contributed by atoms with Gasteiger partial charge in [0.05, 0.1) is 6.61 Å². The van der Waals surface area contributed by atoms with Crippen molar-refractivity contribution in [3.8, 4) is 0 Å². The maximum Gasteiger partial charge on any atom is 0.166 e. The van der Waals surface area contributed by atoms with E-state index >= 15 is 0 Å². The smallest absolute Gasteiger partial charge is 0.166 e. The van der Waals surface area contributed by atoms with E-state index in [1.54, 1.807) is 11.3 Å². The van der Waals surface area contributed by atoms with Gasteiger partial charge in [0.25, 0.3) is 0 Å². The lowest BCUT2D eigenvalue weighted by atomic mass is 10.2. The summed E-state index contributed by atoms with van der Waals surface area (Å²) in [4.78, 5) is 12.2. The molecule has 1 rings (SSSR count). The molecule has 0 aliphatic carbocycles. The van der Waals surface area contributed by atoms with Gasteiger partial charge in [-0.3, -0.25) is 4.79 Å². The topological polar surface area (TPSA) is 37.3 Å². The van der Waals surface area contributed by atoms with E-state index in [2.05, 4.69) is 0 Å². The Morgan fingerprint density at radius 1 is 1.73 bits per heavy atom. The normalized spacial score (nSPS) is 10.0. The summed E-state index contributed by atoms with van der Waals surface area (Å²) in [6, 6.07) is 1.85. The predicted octanol–water partition coefficient (Wildman–Crippen LogP) is 1.62. The van der Waals surface area contributed by atoms with Gasteiger partial charge >= 0.3 is 0 Å². The van der Waals surface area contributed by atoms with Crippen LogP contribution >= 0.6 is 11.3 Å². The number of aryl methyl sites for hydroxylation is 1. The number of Topliss-reactive ketones (excluding diaryl/α,β-unsaturated/α-hetero) is 1. The van der Waals surface area contributed by atoms with Crippen molar-refractivity contribution in [3.63, 3.8) is 0 Å². The van der Waals surface area contributed by atoms with E-state index in [1.165, 1.54) is 0 Å². The van der Waals surface area contributed by atoms with Crippen LogP contribution in [0.4, 0.5) is 0 Å². The Kier molecular flexibility index (Phi) is 2.79. The first-order valence-electron chi connectivity index (χ1n) is 3.43. The molecule has 0 unspecified atom stereocenters. The van der Waals surface area contributed by atoms with Gasteiger partial charge in [0.1, 0.15) is 0 Å². The monoisotopic (exact) mass is 170 g/mol. The molecule has 0 fully saturated rings. The van der Waals surface area contributed by atoms with Gasteiger partial charge in [0, 0.05) is 22.2 Å². The minimum absolute atomic E-state index is 0.0249. The van der Waals surface area contributed by atoms with Gasteiger partial charge < -0.3 is 5.11 Å². The molecule has 1 aromatic rings. The number of aliphatic hydroxyl groups is 1. The Morgan fingerprint density at radius 2 is 2.45 bits per heavy atom. The number of carbonyl (C=O) groups is 1. The Hall–Kier alpha value is -0.670. The van der Waals surface area contributed by atoms with Crippen LogP contribution in [0, 0.1) is 6.92 Å². The van der Waals surface area contributed by atoms with Crippen molar-refractivity contribution in [2.75, 3.05) is 6.61 Å². The fourth-order valence-electron chi connectivity index (χ4n) is 0.836. The summed E-state index contributed by atoms with van der Waals surface area (Å²) < 4.78 is 0. The first-order chi connectivity index (χ1) is 5.24. The van der Waals surface area contributed by atoms with Crippen molar-refractivity contribution in [1.29, 1.82) is 0 Å². The minimum Gasteiger partial charge on any atom is -0.396 e. The molecule has 0 aliphatic rings. The van der Waals surface area contributed by atoms with Crippen molar-refractivity contribution in [2.45, 2.75) is 13.3 Å². The van der Waals surface area contributed by atoms with Crippen LogP contribution in [0.1, 0.15) is 21.7 Å². The summed E-state index contributed by atoms with van der Waals surface area (Å²) in [7, 11) is 0. The van der Waals surface area contributed by atoms with Crippen LogP contribution in [0.15, 0.2) is 11.4 Å². The lowest BCUT2D eigenvalue weighted by molar-refractivity contribution is 0.0957. The van der Waals surface area contributed by atoms with Crippen LogP contribution in [-0.2, 0) is 0 Å². The molecule has 1 aromatic heterocycles. The SMILES string of the molecule is Cc1cc(C(=O)CCO)cs1. The quantitative estimate of drug-likeness (QED) is 0.700. The Bertz CT molecular complexity index is 252. The summed E-state index contributed by atoms with van der Waals surface area (Å²) in [5, 5.41) is 10.3. The molecule has 3 heteroatoms. The zero-order valence-corrected chi connectivity index (χ0v) is 7.15. The third-order valence-electron chi connectivity index (χ3n) is 1.39.